The third-order valence-corrected chi connectivity index (χ3v) is 3.79. The zero-order valence-electron chi connectivity index (χ0n) is 9.51. The lowest BCUT2D eigenvalue weighted by Crippen LogP contribution is -2.04. The van der Waals surface area contributed by atoms with E-state index in [0.717, 1.165) is 15.2 Å². The summed E-state index contributed by atoms with van der Waals surface area (Å²) in [6.07, 6.45) is 1.69. The summed E-state index contributed by atoms with van der Waals surface area (Å²) in [6, 6.07) is 5.62. The number of carbonyl (C=O) groups excluding carboxylic acids is 1. The Morgan fingerprint density at radius 2 is 2.39 bits per heavy atom. The van der Waals surface area contributed by atoms with Crippen LogP contribution < -0.4 is 0 Å². The van der Waals surface area contributed by atoms with Gasteiger partial charge in [-0.2, -0.15) is 0 Å². The van der Waals surface area contributed by atoms with E-state index in [0.29, 0.717) is 17.3 Å². The van der Waals surface area contributed by atoms with E-state index in [9.17, 15) is 4.79 Å². The lowest BCUT2D eigenvalue weighted by atomic mass is 10.3. The van der Waals surface area contributed by atoms with E-state index in [1.54, 1.807) is 13.1 Å². The fourth-order valence-electron chi connectivity index (χ4n) is 1.78. The van der Waals surface area contributed by atoms with Crippen LogP contribution in [0.1, 0.15) is 17.4 Å². The number of carbonyl (C=O) groups is 1. The van der Waals surface area contributed by atoms with Crippen molar-refractivity contribution in [2.75, 3.05) is 6.61 Å². The molecule has 2 aromatic heterocycles. The van der Waals surface area contributed by atoms with Gasteiger partial charge < -0.3 is 4.74 Å². The second-order valence-electron chi connectivity index (χ2n) is 3.71. The number of halogens is 1. The largest absolute Gasteiger partial charge is 0.461 e. The van der Waals surface area contributed by atoms with Crippen LogP contribution in [0, 0.1) is 0 Å². The molecular weight excluding hydrogens is 272 g/mol. The highest BCUT2D eigenvalue weighted by atomic mass is 35.5. The van der Waals surface area contributed by atoms with E-state index in [1.807, 2.05) is 22.6 Å². The van der Waals surface area contributed by atoms with Crippen LogP contribution >= 0.6 is 22.9 Å². The van der Waals surface area contributed by atoms with E-state index < -0.39 is 5.97 Å². The summed E-state index contributed by atoms with van der Waals surface area (Å²) in [7, 11) is 0. The van der Waals surface area contributed by atoms with Gasteiger partial charge in [0, 0.05) is 11.2 Å². The summed E-state index contributed by atoms with van der Waals surface area (Å²) in [5, 5.41) is 0.692. The molecule has 18 heavy (non-hydrogen) atoms. The van der Waals surface area contributed by atoms with Gasteiger partial charge in [0.25, 0.3) is 0 Å². The van der Waals surface area contributed by atoms with E-state index in [1.165, 1.54) is 11.3 Å². The number of fused-ring (bicyclic) bond motifs is 3. The number of hydrogen-bond acceptors (Lipinski definition) is 4. The summed E-state index contributed by atoms with van der Waals surface area (Å²) in [5.41, 5.74) is 1.32. The van der Waals surface area contributed by atoms with Gasteiger partial charge >= 0.3 is 5.97 Å². The van der Waals surface area contributed by atoms with Crippen LogP contribution in [0.5, 0.6) is 0 Å². The first-order valence-electron chi connectivity index (χ1n) is 5.43. The monoisotopic (exact) mass is 280 g/mol. The average molecular weight is 281 g/mol. The van der Waals surface area contributed by atoms with Crippen molar-refractivity contribution in [2.45, 2.75) is 6.92 Å². The Labute approximate surface area is 112 Å². The number of ether oxygens (including phenoxy) is 1. The zero-order valence-corrected chi connectivity index (χ0v) is 11.1. The lowest BCUT2D eigenvalue weighted by Gasteiger charge is -1.96. The van der Waals surface area contributed by atoms with Gasteiger partial charge in [-0.1, -0.05) is 22.9 Å². The molecule has 2 heterocycles. The Bertz CT molecular complexity index is 747. The molecule has 0 saturated heterocycles. The van der Waals surface area contributed by atoms with Gasteiger partial charge in [0.1, 0.15) is 0 Å². The fourth-order valence-corrected chi connectivity index (χ4v) is 3.06. The number of benzene rings is 1. The van der Waals surface area contributed by atoms with Gasteiger partial charge in [0.15, 0.2) is 10.7 Å². The molecule has 0 spiro atoms. The Balaban J connectivity index is 2.16. The van der Waals surface area contributed by atoms with Crippen LogP contribution in [0.25, 0.3) is 15.2 Å². The molecule has 92 valence electrons. The molecule has 0 aliphatic heterocycles. The van der Waals surface area contributed by atoms with Gasteiger partial charge in [-0.05, 0) is 25.1 Å². The molecule has 0 N–H and O–H groups in total. The Morgan fingerprint density at radius 1 is 1.56 bits per heavy atom. The predicted octanol–water partition coefficient (Wildman–Crippen LogP) is 3.38. The number of imidazole rings is 1. The van der Waals surface area contributed by atoms with Gasteiger partial charge in [-0.3, -0.25) is 4.40 Å². The minimum Gasteiger partial charge on any atom is -0.461 e. The molecule has 0 bridgehead atoms. The van der Waals surface area contributed by atoms with Crippen molar-refractivity contribution >= 4 is 44.1 Å². The molecule has 0 radical (unpaired) electrons. The molecule has 4 nitrogen and oxygen atoms in total. The van der Waals surface area contributed by atoms with Gasteiger partial charge in [0.2, 0.25) is 0 Å². The minimum absolute atomic E-state index is 0.333. The normalized spacial score (nSPS) is 11.2. The number of aromatic nitrogens is 2. The molecule has 6 heteroatoms. The van der Waals surface area contributed by atoms with E-state index >= 15 is 0 Å². The molecule has 0 amide bonds. The SMILES string of the molecule is CCOC(=O)c1cn2c(n1)sc1cc(Cl)ccc12. The summed E-state index contributed by atoms with van der Waals surface area (Å²) in [5.74, 6) is -0.393. The molecule has 0 aliphatic rings. The van der Waals surface area contributed by atoms with Crippen LogP contribution in [0.2, 0.25) is 5.02 Å². The molecule has 0 unspecified atom stereocenters. The zero-order chi connectivity index (χ0) is 12.7. The summed E-state index contributed by atoms with van der Waals surface area (Å²) >= 11 is 7.43. The van der Waals surface area contributed by atoms with Gasteiger partial charge in [-0.25, -0.2) is 9.78 Å². The number of nitrogens with zero attached hydrogens (tertiary/aromatic N) is 2. The first-order chi connectivity index (χ1) is 8.69. The van der Waals surface area contributed by atoms with Crippen LogP contribution in [-0.4, -0.2) is 22.0 Å². The van der Waals surface area contributed by atoms with Crippen LogP contribution in [-0.2, 0) is 4.74 Å². The van der Waals surface area contributed by atoms with Crippen LogP contribution in [0.4, 0.5) is 0 Å². The Morgan fingerprint density at radius 3 is 3.17 bits per heavy atom. The standard InChI is InChI=1S/C12H9ClN2O2S/c1-2-17-11(16)8-6-15-9-4-3-7(13)5-10(9)18-12(15)14-8/h3-6H,2H2,1H3. The number of rotatable bonds is 2. The number of hydrogen-bond donors (Lipinski definition) is 0. The summed E-state index contributed by atoms with van der Waals surface area (Å²) in [6.45, 7) is 2.12. The summed E-state index contributed by atoms with van der Waals surface area (Å²) in [4.78, 5) is 16.6. The second-order valence-corrected chi connectivity index (χ2v) is 5.16. The summed E-state index contributed by atoms with van der Waals surface area (Å²) < 4.78 is 7.85. The minimum atomic E-state index is -0.393. The molecule has 3 rings (SSSR count). The molecular formula is C12H9ClN2O2S. The smallest absolute Gasteiger partial charge is 0.358 e. The molecule has 0 fully saturated rings. The lowest BCUT2D eigenvalue weighted by molar-refractivity contribution is 0.0520. The van der Waals surface area contributed by atoms with Crippen molar-refractivity contribution in [2.24, 2.45) is 0 Å². The first kappa shape index (κ1) is 11.5. The van der Waals surface area contributed by atoms with Crippen molar-refractivity contribution in [1.82, 2.24) is 9.38 Å². The van der Waals surface area contributed by atoms with Crippen molar-refractivity contribution in [3.05, 3.63) is 35.1 Å². The highest BCUT2D eigenvalue weighted by molar-refractivity contribution is 7.23. The van der Waals surface area contributed by atoms with Crippen LogP contribution in [0.15, 0.2) is 24.4 Å². The average Bonchev–Trinajstić information content (AvgIpc) is 2.85. The highest BCUT2D eigenvalue weighted by Gasteiger charge is 2.14. The quantitative estimate of drug-likeness (QED) is 0.676. The van der Waals surface area contributed by atoms with E-state index in [2.05, 4.69) is 4.98 Å². The maximum absolute atomic E-state index is 11.6. The molecule has 1 aromatic carbocycles. The van der Waals surface area contributed by atoms with Gasteiger partial charge in [0.05, 0.1) is 16.8 Å². The van der Waals surface area contributed by atoms with E-state index in [-0.39, 0.29) is 0 Å². The Hall–Kier alpha value is -1.59. The number of esters is 1. The number of thiazole rings is 1. The van der Waals surface area contributed by atoms with Gasteiger partial charge in [-0.15, -0.1) is 0 Å². The molecule has 0 atom stereocenters. The molecule has 0 aliphatic carbocycles. The Kier molecular flexibility index (Phi) is 2.72. The van der Waals surface area contributed by atoms with Crippen molar-refractivity contribution in [1.29, 1.82) is 0 Å². The molecule has 3 aromatic rings. The topological polar surface area (TPSA) is 43.6 Å². The molecule has 0 saturated carbocycles. The third kappa shape index (κ3) is 1.76. The highest BCUT2D eigenvalue weighted by Crippen LogP contribution is 2.28. The van der Waals surface area contributed by atoms with E-state index in [4.69, 9.17) is 16.3 Å². The third-order valence-electron chi connectivity index (χ3n) is 2.54. The fraction of sp³-hybridized carbons (Fsp3) is 0.167. The predicted molar refractivity (Wildman–Crippen MR) is 71.5 cm³/mol. The van der Waals surface area contributed by atoms with Crippen molar-refractivity contribution < 1.29 is 9.53 Å². The second kappa shape index (κ2) is 4.26. The first-order valence-corrected chi connectivity index (χ1v) is 6.63. The van der Waals surface area contributed by atoms with Crippen LogP contribution in [0.3, 0.4) is 0 Å². The maximum Gasteiger partial charge on any atom is 0.358 e. The maximum atomic E-state index is 11.6. The van der Waals surface area contributed by atoms with Crippen molar-refractivity contribution in [3.8, 4) is 0 Å². The van der Waals surface area contributed by atoms with Crippen molar-refractivity contribution in [3.63, 3.8) is 0 Å².